The van der Waals surface area contributed by atoms with E-state index in [2.05, 4.69) is 5.32 Å². The molecule has 2 atom stereocenters. The van der Waals surface area contributed by atoms with Crippen LogP contribution in [0, 0.1) is 18.6 Å². The molecule has 0 aliphatic rings. The maximum Gasteiger partial charge on any atom is 0.162 e. The lowest BCUT2D eigenvalue weighted by molar-refractivity contribution is 0.195. The van der Waals surface area contributed by atoms with E-state index in [4.69, 9.17) is 4.74 Å². The summed E-state index contributed by atoms with van der Waals surface area (Å²) in [4.78, 5) is 0. The number of rotatable bonds is 6. The maximum absolute atomic E-state index is 13.8. The lowest BCUT2D eigenvalue weighted by atomic mass is 9.93. The van der Waals surface area contributed by atoms with Gasteiger partial charge in [0, 0.05) is 19.7 Å². The van der Waals surface area contributed by atoms with E-state index in [1.807, 2.05) is 13.8 Å². The highest BCUT2D eigenvalue weighted by Crippen LogP contribution is 2.25. The van der Waals surface area contributed by atoms with Crippen LogP contribution in [0.1, 0.15) is 30.9 Å². The van der Waals surface area contributed by atoms with Crippen LogP contribution in [0.2, 0.25) is 0 Å². The zero-order chi connectivity index (χ0) is 13.7. The van der Waals surface area contributed by atoms with Gasteiger partial charge in [-0.3, -0.25) is 0 Å². The van der Waals surface area contributed by atoms with Gasteiger partial charge in [0.2, 0.25) is 0 Å². The predicted octanol–water partition coefficient (Wildman–Crippen LogP) is 3.00. The van der Waals surface area contributed by atoms with Crippen molar-refractivity contribution in [2.24, 2.45) is 0 Å². The minimum absolute atomic E-state index is 0.0526. The van der Waals surface area contributed by atoms with Crippen molar-refractivity contribution in [3.05, 3.63) is 34.9 Å². The molecule has 102 valence electrons. The lowest BCUT2D eigenvalue weighted by Crippen LogP contribution is -2.33. The van der Waals surface area contributed by atoms with E-state index in [0.29, 0.717) is 24.3 Å². The molecule has 0 aliphatic carbocycles. The number of ether oxygens (including phenoxy) is 1. The van der Waals surface area contributed by atoms with Crippen molar-refractivity contribution in [1.29, 1.82) is 0 Å². The number of hydrogen-bond acceptors (Lipinski definition) is 2. The molecule has 0 radical (unpaired) electrons. The van der Waals surface area contributed by atoms with Gasteiger partial charge in [0.25, 0.3) is 0 Å². The van der Waals surface area contributed by atoms with Gasteiger partial charge in [-0.05, 0) is 30.9 Å². The summed E-state index contributed by atoms with van der Waals surface area (Å²) in [5, 5.41) is 3.23. The summed E-state index contributed by atoms with van der Waals surface area (Å²) in [6.07, 6.45) is 0. The summed E-state index contributed by atoms with van der Waals surface area (Å²) >= 11 is 0. The number of aryl methyl sites for hydroxylation is 1. The van der Waals surface area contributed by atoms with Crippen LogP contribution in [-0.2, 0) is 4.74 Å². The highest BCUT2D eigenvalue weighted by Gasteiger charge is 2.20. The van der Waals surface area contributed by atoms with Crippen LogP contribution in [0.4, 0.5) is 8.78 Å². The number of nitrogens with one attached hydrogen (secondary N) is 1. The highest BCUT2D eigenvalue weighted by molar-refractivity contribution is 5.28. The molecule has 0 fully saturated rings. The molecule has 1 rings (SSSR count). The van der Waals surface area contributed by atoms with E-state index in [-0.39, 0.29) is 12.0 Å². The van der Waals surface area contributed by atoms with Crippen LogP contribution in [-0.4, -0.2) is 26.3 Å². The summed E-state index contributed by atoms with van der Waals surface area (Å²) < 4.78 is 32.3. The summed E-state index contributed by atoms with van der Waals surface area (Å²) in [5.41, 5.74) is 0.749. The fourth-order valence-corrected chi connectivity index (χ4v) is 1.85. The first kappa shape index (κ1) is 15.1. The second-order valence-electron chi connectivity index (χ2n) is 4.62. The van der Waals surface area contributed by atoms with E-state index in [0.717, 1.165) is 0 Å². The van der Waals surface area contributed by atoms with E-state index in [1.54, 1.807) is 26.2 Å². The standard InChI is InChI=1S/C14H21F2NO/c1-9-5-6-12(14(16)13(9)15)10(2)11(3)17-7-8-18-4/h5-6,10-11,17H,7-8H2,1-4H3. The van der Waals surface area contributed by atoms with E-state index >= 15 is 0 Å². The predicted molar refractivity (Wildman–Crippen MR) is 68.9 cm³/mol. The smallest absolute Gasteiger partial charge is 0.162 e. The molecule has 1 aromatic carbocycles. The Balaban J connectivity index is 2.77. The lowest BCUT2D eigenvalue weighted by Gasteiger charge is -2.22. The van der Waals surface area contributed by atoms with Gasteiger partial charge in [-0.25, -0.2) is 8.78 Å². The molecule has 1 aromatic rings. The largest absolute Gasteiger partial charge is 0.383 e. The molecule has 0 aromatic heterocycles. The molecule has 2 unspecified atom stereocenters. The van der Waals surface area contributed by atoms with Crippen molar-refractivity contribution in [2.45, 2.75) is 32.7 Å². The van der Waals surface area contributed by atoms with Gasteiger partial charge in [-0.15, -0.1) is 0 Å². The molecule has 0 bridgehead atoms. The van der Waals surface area contributed by atoms with Gasteiger partial charge in [0.05, 0.1) is 6.61 Å². The van der Waals surface area contributed by atoms with Crippen molar-refractivity contribution in [2.75, 3.05) is 20.3 Å². The fourth-order valence-electron chi connectivity index (χ4n) is 1.85. The minimum atomic E-state index is -0.747. The molecule has 0 saturated carbocycles. The Morgan fingerprint density at radius 3 is 2.50 bits per heavy atom. The maximum atomic E-state index is 13.8. The third-order valence-electron chi connectivity index (χ3n) is 3.32. The zero-order valence-corrected chi connectivity index (χ0v) is 11.4. The molecule has 0 spiro atoms. The molecule has 4 heteroatoms. The van der Waals surface area contributed by atoms with Gasteiger partial charge >= 0.3 is 0 Å². The molecule has 0 aliphatic heterocycles. The molecular formula is C14H21F2NO. The normalized spacial score (nSPS) is 14.6. The second-order valence-corrected chi connectivity index (χ2v) is 4.62. The number of halogens is 2. The molecule has 1 N–H and O–H groups in total. The van der Waals surface area contributed by atoms with Crippen molar-refractivity contribution < 1.29 is 13.5 Å². The third kappa shape index (κ3) is 3.50. The van der Waals surface area contributed by atoms with Gasteiger partial charge in [0.1, 0.15) is 0 Å². The van der Waals surface area contributed by atoms with E-state index in [9.17, 15) is 8.78 Å². The van der Waals surface area contributed by atoms with Crippen molar-refractivity contribution in [3.63, 3.8) is 0 Å². The Morgan fingerprint density at radius 1 is 1.22 bits per heavy atom. The number of benzene rings is 1. The molecule has 0 heterocycles. The average Bonchev–Trinajstić information content (AvgIpc) is 2.35. The first-order valence-electron chi connectivity index (χ1n) is 6.15. The first-order chi connectivity index (χ1) is 8.49. The van der Waals surface area contributed by atoms with Gasteiger partial charge in [-0.2, -0.15) is 0 Å². The van der Waals surface area contributed by atoms with E-state index < -0.39 is 11.6 Å². The second kappa shape index (κ2) is 6.81. The Morgan fingerprint density at radius 2 is 1.89 bits per heavy atom. The molecule has 2 nitrogen and oxygen atoms in total. The van der Waals surface area contributed by atoms with Crippen molar-refractivity contribution >= 4 is 0 Å². The number of hydrogen-bond donors (Lipinski definition) is 1. The quantitative estimate of drug-likeness (QED) is 0.791. The highest BCUT2D eigenvalue weighted by atomic mass is 19.2. The van der Waals surface area contributed by atoms with Crippen LogP contribution in [0.5, 0.6) is 0 Å². The van der Waals surface area contributed by atoms with Crippen molar-refractivity contribution in [1.82, 2.24) is 5.32 Å². The van der Waals surface area contributed by atoms with Gasteiger partial charge in [-0.1, -0.05) is 19.1 Å². The summed E-state index contributed by atoms with van der Waals surface area (Å²) in [6.45, 7) is 6.70. The zero-order valence-electron chi connectivity index (χ0n) is 11.4. The molecule has 0 amide bonds. The first-order valence-corrected chi connectivity index (χ1v) is 6.15. The summed E-state index contributed by atoms with van der Waals surface area (Å²) in [7, 11) is 1.63. The van der Waals surface area contributed by atoms with Gasteiger partial charge in [0.15, 0.2) is 11.6 Å². The summed E-state index contributed by atoms with van der Waals surface area (Å²) in [5.74, 6) is -1.58. The monoisotopic (exact) mass is 257 g/mol. The van der Waals surface area contributed by atoms with Gasteiger partial charge < -0.3 is 10.1 Å². The van der Waals surface area contributed by atoms with Crippen LogP contribution in [0.3, 0.4) is 0 Å². The fraction of sp³-hybridized carbons (Fsp3) is 0.571. The Labute approximate surface area is 107 Å². The molecular weight excluding hydrogens is 236 g/mol. The Hall–Kier alpha value is -1.00. The SMILES string of the molecule is COCCNC(C)C(C)c1ccc(C)c(F)c1F. The molecule has 18 heavy (non-hydrogen) atoms. The Kier molecular flexibility index (Phi) is 5.69. The average molecular weight is 257 g/mol. The van der Waals surface area contributed by atoms with Crippen LogP contribution < -0.4 is 5.32 Å². The van der Waals surface area contributed by atoms with E-state index in [1.165, 1.54) is 0 Å². The van der Waals surface area contributed by atoms with Crippen LogP contribution in [0.15, 0.2) is 12.1 Å². The van der Waals surface area contributed by atoms with Crippen LogP contribution in [0.25, 0.3) is 0 Å². The number of methoxy groups -OCH3 is 1. The molecule has 0 saturated heterocycles. The van der Waals surface area contributed by atoms with Crippen LogP contribution >= 0.6 is 0 Å². The minimum Gasteiger partial charge on any atom is -0.383 e. The Bertz CT molecular complexity index is 396. The van der Waals surface area contributed by atoms with Crippen molar-refractivity contribution in [3.8, 4) is 0 Å². The third-order valence-corrected chi connectivity index (χ3v) is 3.32. The topological polar surface area (TPSA) is 21.3 Å². The summed E-state index contributed by atoms with van der Waals surface area (Å²) in [6, 6.07) is 3.33.